The molecule has 2 heterocycles. The number of nitrogens with zero attached hydrogens (tertiary/aromatic N) is 2. The molecule has 1 aliphatic rings. The van der Waals surface area contributed by atoms with Gasteiger partial charge in [-0.05, 0) is 60.5 Å². The molecule has 1 saturated heterocycles. The molecule has 1 fully saturated rings. The van der Waals surface area contributed by atoms with Crippen molar-refractivity contribution in [2.75, 3.05) is 6.61 Å². The van der Waals surface area contributed by atoms with Gasteiger partial charge < -0.3 is 14.7 Å². The second-order valence-corrected chi connectivity index (χ2v) is 7.73. The van der Waals surface area contributed by atoms with E-state index in [1.54, 1.807) is 67.0 Å². The molecule has 0 radical (unpaired) electrons. The Labute approximate surface area is 190 Å². The molecule has 6 nitrogen and oxygen atoms in total. The summed E-state index contributed by atoms with van der Waals surface area (Å²) in [5, 5.41) is 11.6. The average molecular weight is 449 g/mol. The molecule has 1 aliphatic heterocycles. The van der Waals surface area contributed by atoms with Gasteiger partial charge in [-0.1, -0.05) is 29.8 Å². The zero-order chi connectivity index (χ0) is 22.7. The SMILES string of the molecule is CCOc1ccc(C(O)=C2C(=O)C(=O)N(Cc3cccnc3)C2c2ccc(Cl)cc2)cc1. The van der Waals surface area contributed by atoms with E-state index in [4.69, 9.17) is 16.3 Å². The lowest BCUT2D eigenvalue weighted by molar-refractivity contribution is -0.140. The third-order valence-corrected chi connectivity index (χ3v) is 5.49. The van der Waals surface area contributed by atoms with Gasteiger partial charge in [-0.15, -0.1) is 0 Å². The summed E-state index contributed by atoms with van der Waals surface area (Å²) in [7, 11) is 0. The van der Waals surface area contributed by atoms with Crippen LogP contribution in [0.3, 0.4) is 0 Å². The molecule has 0 aliphatic carbocycles. The number of benzene rings is 2. The van der Waals surface area contributed by atoms with Crippen LogP contribution in [0.4, 0.5) is 0 Å². The second kappa shape index (κ2) is 9.24. The number of Topliss-reactive ketones (excluding diaryl/α,β-unsaturated/α-hetero) is 1. The number of aliphatic hydroxyl groups excluding tert-OH is 1. The minimum atomic E-state index is -0.765. The number of ketones is 1. The summed E-state index contributed by atoms with van der Waals surface area (Å²) in [6, 6.07) is 16.5. The Kier molecular flexibility index (Phi) is 6.23. The summed E-state index contributed by atoms with van der Waals surface area (Å²) in [4.78, 5) is 31.6. The fourth-order valence-corrected chi connectivity index (χ4v) is 3.88. The maximum atomic E-state index is 13.1. The molecule has 7 heteroatoms. The smallest absolute Gasteiger partial charge is 0.295 e. The molecule has 1 atom stereocenters. The van der Waals surface area contributed by atoms with Crippen LogP contribution in [0.15, 0.2) is 78.6 Å². The number of aromatic nitrogens is 1. The quantitative estimate of drug-likeness (QED) is 0.334. The van der Waals surface area contributed by atoms with E-state index in [0.29, 0.717) is 28.5 Å². The fourth-order valence-electron chi connectivity index (χ4n) is 3.75. The predicted octanol–water partition coefficient (Wildman–Crippen LogP) is 4.76. The van der Waals surface area contributed by atoms with Crippen LogP contribution < -0.4 is 4.74 Å². The summed E-state index contributed by atoms with van der Waals surface area (Å²) in [5.74, 6) is -1.00. The molecule has 32 heavy (non-hydrogen) atoms. The summed E-state index contributed by atoms with van der Waals surface area (Å²) >= 11 is 6.05. The third kappa shape index (κ3) is 4.22. The van der Waals surface area contributed by atoms with Crippen molar-refractivity contribution in [1.29, 1.82) is 0 Å². The van der Waals surface area contributed by atoms with Gasteiger partial charge in [0.05, 0.1) is 18.2 Å². The molecular weight excluding hydrogens is 428 g/mol. The molecule has 162 valence electrons. The van der Waals surface area contributed by atoms with Crippen LogP contribution in [-0.2, 0) is 16.1 Å². The minimum absolute atomic E-state index is 0.0328. The summed E-state index contributed by atoms with van der Waals surface area (Å²) in [6.07, 6.45) is 3.28. The van der Waals surface area contributed by atoms with Crippen molar-refractivity contribution in [3.63, 3.8) is 0 Å². The molecule has 0 bridgehead atoms. The number of ether oxygens (including phenoxy) is 1. The van der Waals surface area contributed by atoms with Crippen molar-refractivity contribution in [3.8, 4) is 5.75 Å². The van der Waals surface area contributed by atoms with Gasteiger partial charge in [-0.25, -0.2) is 0 Å². The summed E-state index contributed by atoms with van der Waals surface area (Å²) in [6.45, 7) is 2.57. The molecule has 2 aromatic carbocycles. The lowest BCUT2D eigenvalue weighted by Gasteiger charge is -2.25. The number of halogens is 1. The number of likely N-dealkylation sites (tertiary alicyclic amines) is 1. The van der Waals surface area contributed by atoms with Crippen molar-refractivity contribution < 1.29 is 19.4 Å². The Morgan fingerprint density at radius 3 is 2.44 bits per heavy atom. The lowest BCUT2D eigenvalue weighted by atomic mass is 9.95. The number of carbonyl (C=O) groups is 2. The number of rotatable bonds is 6. The molecule has 0 spiro atoms. The number of hydrogen-bond donors (Lipinski definition) is 1. The fraction of sp³-hybridized carbons (Fsp3) is 0.160. The second-order valence-electron chi connectivity index (χ2n) is 7.30. The Morgan fingerprint density at radius 1 is 1.09 bits per heavy atom. The number of amides is 1. The van der Waals surface area contributed by atoms with Crippen LogP contribution in [0.25, 0.3) is 5.76 Å². The van der Waals surface area contributed by atoms with Gasteiger partial charge in [0.15, 0.2) is 0 Å². The molecule has 3 aromatic rings. The van der Waals surface area contributed by atoms with E-state index < -0.39 is 17.7 Å². The number of hydrogen-bond acceptors (Lipinski definition) is 5. The minimum Gasteiger partial charge on any atom is -0.507 e. The van der Waals surface area contributed by atoms with E-state index in [9.17, 15) is 14.7 Å². The maximum Gasteiger partial charge on any atom is 0.295 e. The van der Waals surface area contributed by atoms with Crippen molar-refractivity contribution in [1.82, 2.24) is 9.88 Å². The maximum absolute atomic E-state index is 13.1. The van der Waals surface area contributed by atoms with E-state index in [2.05, 4.69) is 4.98 Å². The number of carbonyl (C=O) groups excluding carboxylic acids is 2. The Balaban J connectivity index is 1.81. The summed E-state index contributed by atoms with van der Waals surface area (Å²) < 4.78 is 5.44. The first kappa shape index (κ1) is 21.6. The van der Waals surface area contributed by atoms with Gasteiger partial charge in [0, 0.05) is 29.5 Å². The van der Waals surface area contributed by atoms with Crippen molar-refractivity contribution in [3.05, 3.63) is 100 Å². The van der Waals surface area contributed by atoms with Gasteiger partial charge in [-0.2, -0.15) is 0 Å². The highest BCUT2D eigenvalue weighted by Crippen LogP contribution is 2.40. The van der Waals surface area contributed by atoms with Crippen molar-refractivity contribution in [2.24, 2.45) is 0 Å². The van der Waals surface area contributed by atoms with E-state index in [0.717, 1.165) is 5.56 Å². The van der Waals surface area contributed by atoms with Gasteiger partial charge in [0.25, 0.3) is 11.7 Å². The largest absolute Gasteiger partial charge is 0.507 e. The van der Waals surface area contributed by atoms with Crippen LogP contribution in [0.5, 0.6) is 5.75 Å². The normalized spacial score (nSPS) is 17.6. The Morgan fingerprint density at radius 2 is 1.81 bits per heavy atom. The highest BCUT2D eigenvalue weighted by atomic mass is 35.5. The van der Waals surface area contributed by atoms with E-state index >= 15 is 0 Å². The van der Waals surface area contributed by atoms with Gasteiger partial charge in [-0.3, -0.25) is 14.6 Å². The standard InChI is InChI=1S/C25H21ClN2O4/c1-2-32-20-11-7-18(8-12-20)23(29)21-22(17-5-9-19(26)10-6-17)28(25(31)24(21)30)15-16-4-3-13-27-14-16/h3-14,22,29H,2,15H2,1H3. The number of pyridine rings is 1. The first-order chi connectivity index (χ1) is 15.5. The lowest BCUT2D eigenvalue weighted by Crippen LogP contribution is -2.29. The van der Waals surface area contributed by atoms with Crippen LogP contribution in [0, 0.1) is 0 Å². The van der Waals surface area contributed by atoms with Crippen molar-refractivity contribution >= 4 is 29.1 Å². The average Bonchev–Trinajstić information content (AvgIpc) is 3.05. The van der Waals surface area contributed by atoms with Crippen molar-refractivity contribution in [2.45, 2.75) is 19.5 Å². The topological polar surface area (TPSA) is 79.7 Å². The van der Waals surface area contributed by atoms with Gasteiger partial charge >= 0.3 is 0 Å². The third-order valence-electron chi connectivity index (χ3n) is 5.24. The monoisotopic (exact) mass is 448 g/mol. The molecule has 1 N–H and O–H groups in total. The Bertz CT molecular complexity index is 1160. The number of aliphatic hydroxyl groups is 1. The van der Waals surface area contributed by atoms with E-state index in [1.165, 1.54) is 4.90 Å². The molecule has 1 unspecified atom stereocenters. The highest BCUT2D eigenvalue weighted by Gasteiger charge is 2.46. The van der Waals surface area contributed by atoms with Crippen LogP contribution >= 0.6 is 11.6 Å². The molecule has 0 saturated carbocycles. The zero-order valence-corrected chi connectivity index (χ0v) is 18.1. The predicted molar refractivity (Wildman–Crippen MR) is 121 cm³/mol. The van der Waals surface area contributed by atoms with Gasteiger partial charge in [0.2, 0.25) is 0 Å². The van der Waals surface area contributed by atoms with Crippen LogP contribution in [0.2, 0.25) is 5.02 Å². The highest BCUT2D eigenvalue weighted by molar-refractivity contribution is 6.46. The van der Waals surface area contributed by atoms with E-state index in [-0.39, 0.29) is 17.9 Å². The molecule has 1 amide bonds. The first-order valence-corrected chi connectivity index (χ1v) is 10.5. The molecular formula is C25H21ClN2O4. The van der Waals surface area contributed by atoms with E-state index in [1.807, 2.05) is 13.0 Å². The zero-order valence-electron chi connectivity index (χ0n) is 17.4. The van der Waals surface area contributed by atoms with Crippen LogP contribution in [-0.4, -0.2) is 33.3 Å². The van der Waals surface area contributed by atoms with Crippen LogP contribution in [0.1, 0.15) is 29.7 Å². The molecule has 4 rings (SSSR count). The first-order valence-electron chi connectivity index (χ1n) is 10.2. The van der Waals surface area contributed by atoms with Gasteiger partial charge in [0.1, 0.15) is 11.5 Å². The summed E-state index contributed by atoms with van der Waals surface area (Å²) in [5.41, 5.74) is 1.90. The Hall–Kier alpha value is -3.64. The molecule has 1 aromatic heterocycles.